The first-order valence-corrected chi connectivity index (χ1v) is 6.55. The topological polar surface area (TPSA) is 32.7 Å². The third kappa shape index (κ3) is 4.16. The highest BCUT2D eigenvalue weighted by Gasteiger charge is 2.12. The summed E-state index contributed by atoms with van der Waals surface area (Å²) < 4.78 is 0. The number of amidine groups is 1. The molecular formula is C12H13Cl3N2O. The minimum absolute atomic E-state index is 0.425. The molecule has 98 valence electrons. The molecule has 1 aromatic carbocycles. The molecule has 0 saturated heterocycles. The van der Waals surface area contributed by atoms with Crippen LogP contribution in [0.25, 0.3) is 0 Å². The van der Waals surface area contributed by atoms with Gasteiger partial charge in [0.05, 0.1) is 15.7 Å². The minimum atomic E-state index is -0.567. The van der Waals surface area contributed by atoms with Crippen molar-refractivity contribution in [1.82, 2.24) is 4.90 Å². The van der Waals surface area contributed by atoms with Crippen molar-refractivity contribution in [3.8, 4) is 0 Å². The molecule has 0 saturated carbocycles. The normalized spacial score (nSPS) is 11.5. The zero-order valence-corrected chi connectivity index (χ0v) is 12.4. The SMILES string of the molecule is CCCC(=Nc1ccc(Cl)c(Cl)c1)N(C)C(=O)Cl. The van der Waals surface area contributed by atoms with E-state index in [1.807, 2.05) is 6.92 Å². The second-order valence-electron chi connectivity index (χ2n) is 3.69. The van der Waals surface area contributed by atoms with E-state index < -0.39 is 5.37 Å². The maximum absolute atomic E-state index is 11.1. The zero-order valence-electron chi connectivity index (χ0n) is 10.1. The van der Waals surface area contributed by atoms with Gasteiger partial charge in [0.15, 0.2) is 0 Å². The predicted octanol–water partition coefficient (Wildman–Crippen LogP) is 5.11. The van der Waals surface area contributed by atoms with Crippen LogP contribution in [0.5, 0.6) is 0 Å². The molecule has 18 heavy (non-hydrogen) atoms. The van der Waals surface area contributed by atoms with Crippen LogP contribution < -0.4 is 0 Å². The van der Waals surface area contributed by atoms with Crippen molar-refractivity contribution in [2.24, 2.45) is 4.99 Å². The van der Waals surface area contributed by atoms with E-state index in [9.17, 15) is 4.79 Å². The zero-order chi connectivity index (χ0) is 13.7. The van der Waals surface area contributed by atoms with Crippen LogP contribution in [0.2, 0.25) is 10.0 Å². The quantitative estimate of drug-likeness (QED) is 0.330. The summed E-state index contributed by atoms with van der Waals surface area (Å²) in [6.07, 6.45) is 1.50. The third-order valence-corrected chi connectivity index (χ3v) is 3.28. The molecule has 0 radical (unpaired) electrons. The molecule has 6 heteroatoms. The maximum atomic E-state index is 11.1. The van der Waals surface area contributed by atoms with E-state index >= 15 is 0 Å². The average molecular weight is 308 g/mol. The van der Waals surface area contributed by atoms with Gasteiger partial charge in [-0.05, 0) is 36.2 Å². The lowest BCUT2D eigenvalue weighted by Gasteiger charge is -2.15. The summed E-state index contributed by atoms with van der Waals surface area (Å²) in [5.41, 5.74) is 0.637. The van der Waals surface area contributed by atoms with Crippen molar-refractivity contribution in [3.63, 3.8) is 0 Å². The Hall–Kier alpha value is -0.770. The summed E-state index contributed by atoms with van der Waals surface area (Å²) in [5.74, 6) is 0.593. The first kappa shape index (κ1) is 15.3. The number of hydrogen-bond donors (Lipinski definition) is 0. The third-order valence-electron chi connectivity index (χ3n) is 2.29. The Morgan fingerprint density at radius 3 is 2.50 bits per heavy atom. The number of benzene rings is 1. The van der Waals surface area contributed by atoms with Crippen LogP contribution in [0.3, 0.4) is 0 Å². The summed E-state index contributed by atoms with van der Waals surface area (Å²) in [6.45, 7) is 2.00. The van der Waals surface area contributed by atoms with Crippen LogP contribution in [0, 0.1) is 0 Å². The Morgan fingerprint density at radius 1 is 1.33 bits per heavy atom. The summed E-state index contributed by atoms with van der Waals surface area (Å²) >= 11 is 17.2. The Labute approximate surface area is 121 Å². The van der Waals surface area contributed by atoms with Gasteiger partial charge in [0.2, 0.25) is 0 Å². The number of halogens is 3. The molecule has 0 fully saturated rings. The van der Waals surface area contributed by atoms with Crippen LogP contribution in [-0.2, 0) is 0 Å². The van der Waals surface area contributed by atoms with Gasteiger partial charge in [-0.3, -0.25) is 9.69 Å². The molecule has 1 amide bonds. The lowest BCUT2D eigenvalue weighted by Crippen LogP contribution is -2.28. The number of rotatable bonds is 3. The van der Waals surface area contributed by atoms with Crippen molar-refractivity contribution in [2.75, 3.05) is 7.05 Å². The van der Waals surface area contributed by atoms with Crippen molar-refractivity contribution in [2.45, 2.75) is 19.8 Å². The lowest BCUT2D eigenvalue weighted by atomic mass is 10.3. The van der Waals surface area contributed by atoms with E-state index in [0.29, 0.717) is 28.0 Å². The van der Waals surface area contributed by atoms with Gasteiger partial charge in [0.1, 0.15) is 5.84 Å². The second-order valence-corrected chi connectivity index (χ2v) is 4.83. The predicted molar refractivity (Wildman–Crippen MR) is 77.5 cm³/mol. The van der Waals surface area contributed by atoms with E-state index in [1.165, 1.54) is 4.90 Å². The largest absolute Gasteiger partial charge is 0.321 e. The van der Waals surface area contributed by atoms with Crippen LogP contribution >= 0.6 is 34.8 Å². The van der Waals surface area contributed by atoms with Gasteiger partial charge >= 0.3 is 5.37 Å². The fourth-order valence-corrected chi connectivity index (χ4v) is 1.72. The molecule has 0 spiro atoms. The molecule has 1 aromatic rings. The number of carbonyl (C=O) groups excluding carboxylic acids is 1. The Balaban J connectivity index is 3.07. The lowest BCUT2D eigenvalue weighted by molar-refractivity contribution is 0.247. The molecule has 0 aromatic heterocycles. The minimum Gasteiger partial charge on any atom is -0.290 e. The van der Waals surface area contributed by atoms with Gasteiger partial charge < -0.3 is 0 Å². The van der Waals surface area contributed by atoms with Crippen molar-refractivity contribution in [3.05, 3.63) is 28.2 Å². The maximum Gasteiger partial charge on any atom is 0.321 e. The average Bonchev–Trinajstić information content (AvgIpc) is 2.32. The molecule has 0 heterocycles. The van der Waals surface area contributed by atoms with Crippen LogP contribution in [-0.4, -0.2) is 23.1 Å². The Morgan fingerprint density at radius 2 is 2.00 bits per heavy atom. The summed E-state index contributed by atoms with van der Waals surface area (Å²) in [4.78, 5) is 16.8. The van der Waals surface area contributed by atoms with E-state index in [0.717, 1.165) is 6.42 Å². The number of carbonyl (C=O) groups is 1. The molecule has 0 atom stereocenters. The van der Waals surface area contributed by atoms with E-state index in [2.05, 4.69) is 4.99 Å². The van der Waals surface area contributed by atoms with Crippen LogP contribution in [0.15, 0.2) is 23.2 Å². The molecule has 1 rings (SSSR count). The molecule has 3 nitrogen and oxygen atoms in total. The van der Waals surface area contributed by atoms with E-state index in [-0.39, 0.29) is 0 Å². The van der Waals surface area contributed by atoms with E-state index in [4.69, 9.17) is 34.8 Å². The fourth-order valence-electron chi connectivity index (χ4n) is 1.33. The fraction of sp³-hybridized carbons (Fsp3) is 0.333. The monoisotopic (exact) mass is 306 g/mol. The molecule has 0 aliphatic heterocycles. The van der Waals surface area contributed by atoms with Crippen molar-refractivity contribution in [1.29, 1.82) is 0 Å². The number of aliphatic imine (C=N–C) groups is 1. The van der Waals surface area contributed by atoms with Gasteiger partial charge in [0, 0.05) is 13.5 Å². The van der Waals surface area contributed by atoms with Crippen molar-refractivity contribution < 1.29 is 4.79 Å². The summed E-state index contributed by atoms with van der Waals surface area (Å²) in [7, 11) is 1.58. The molecule has 0 N–H and O–H groups in total. The van der Waals surface area contributed by atoms with E-state index in [1.54, 1.807) is 25.2 Å². The summed E-state index contributed by atoms with van der Waals surface area (Å²) in [5, 5.41) is 0.324. The highest BCUT2D eigenvalue weighted by Crippen LogP contribution is 2.27. The van der Waals surface area contributed by atoms with Crippen LogP contribution in [0.1, 0.15) is 19.8 Å². The Bertz CT molecular complexity index is 474. The standard InChI is InChI=1S/C12H13Cl3N2O/c1-3-4-11(17(2)12(15)18)16-8-5-6-9(13)10(14)7-8/h5-7H,3-4H2,1-2H3. The van der Waals surface area contributed by atoms with Gasteiger partial charge in [-0.25, -0.2) is 4.99 Å². The number of amides is 1. The first-order chi connectivity index (χ1) is 8.45. The smallest absolute Gasteiger partial charge is 0.290 e. The molecule has 0 unspecified atom stereocenters. The van der Waals surface area contributed by atoms with Gasteiger partial charge in [-0.1, -0.05) is 30.1 Å². The molecule has 0 bridgehead atoms. The molecule has 0 aliphatic rings. The molecule has 0 aliphatic carbocycles. The molecular weight excluding hydrogens is 295 g/mol. The van der Waals surface area contributed by atoms with Gasteiger partial charge in [-0.2, -0.15) is 0 Å². The van der Waals surface area contributed by atoms with Crippen LogP contribution in [0.4, 0.5) is 10.5 Å². The highest BCUT2D eigenvalue weighted by molar-refractivity contribution is 6.64. The van der Waals surface area contributed by atoms with Gasteiger partial charge in [0.25, 0.3) is 0 Å². The Kier molecular flexibility index (Phi) is 5.93. The number of nitrogens with zero attached hydrogens (tertiary/aromatic N) is 2. The first-order valence-electron chi connectivity index (χ1n) is 5.41. The highest BCUT2D eigenvalue weighted by atomic mass is 35.5. The van der Waals surface area contributed by atoms with Gasteiger partial charge in [-0.15, -0.1) is 0 Å². The number of hydrogen-bond acceptors (Lipinski definition) is 2. The van der Waals surface area contributed by atoms with Crippen molar-refractivity contribution >= 4 is 51.7 Å². The summed E-state index contributed by atoms with van der Waals surface area (Å²) in [6, 6.07) is 5.04. The second kappa shape index (κ2) is 6.98.